The fraction of sp³-hybridized carbons (Fsp3) is 0.393. The van der Waals surface area contributed by atoms with E-state index in [9.17, 15) is 9.59 Å². The van der Waals surface area contributed by atoms with Gasteiger partial charge in [-0.2, -0.15) is 5.10 Å². The molecule has 0 saturated carbocycles. The van der Waals surface area contributed by atoms with E-state index in [0.717, 1.165) is 34.0 Å². The van der Waals surface area contributed by atoms with Crippen LogP contribution in [0.4, 0.5) is 0 Å². The number of carbonyl (C=O) groups is 2. The zero-order chi connectivity index (χ0) is 25.8. The summed E-state index contributed by atoms with van der Waals surface area (Å²) in [5, 5.41) is 10.9. The Balaban J connectivity index is 1.56. The molecular weight excluding hydrogens is 454 g/mol. The lowest BCUT2D eigenvalue weighted by Crippen LogP contribution is -2.53. The number of benzene rings is 2. The summed E-state index contributed by atoms with van der Waals surface area (Å²) in [7, 11) is 1.63. The zero-order valence-electron chi connectivity index (χ0n) is 21.6. The molecule has 8 heteroatoms. The van der Waals surface area contributed by atoms with E-state index in [4.69, 9.17) is 9.84 Å². The number of methoxy groups -OCH3 is 1. The topological polar surface area (TPSA) is 88.5 Å². The summed E-state index contributed by atoms with van der Waals surface area (Å²) in [6.45, 7) is 9.25. The van der Waals surface area contributed by atoms with E-state index in [-0.39, 0.29) is 30.3 Å². The minimum atomic E-state index is -0.583. The van der Waals surface area contributed by atoms with E-state index in [1.807, 2.05) is 78.0 Å². The smallest absolute Gasteiger partial charge is 0.242 e. The number of ether oxygens (including phenoxy) is 1. The second kappa shape index (κ2) is 11.0. The van der Waals surface area contributed by atoms with Gasteiger partial charge in [0.15, 0.2) is 0 Å². The Labute approximate surface area is 212 Å². The third-order valence-corrected chi connectivity index (χ3v) is 6.74. The third-order valence-electron chi connectivity index (χ3n) is 6.74. The molecule has 2 unspecified atom stereocenters. The van der Waals surface area contributed by atoms with Crippen LogP contribution in [0.5, 0.6) is 5.75 Å². The number of nitrogens with zero attached hydrogens (tertiary/aromatic N) is 3. The number of para-hydroxylation sites is 1. The molecule has 1 aliphatic heterocycles. The van der Waals surface area contributed by atoms with Crippen molar-refractivity contribution in [2.45, 2.75) is 39.8 Å². The molecule has 2 N–H and O–H groups in total. The van der Waals surface area contributed by atoms with Gasteiger partial charge in [0, 0.05) is 24.3 Å². The molecule has 2 heterocycles. The van der Waals surface area contributed by atoms with Crippen molar-refractivity contribution in [2.24, 2.45) is 5.92 Å². The summed E-state index contributed by atoms with van der Waals surface area (Å²) < 4.78 is 7.13. The lowest BCUT2D eigenvalue weighted by molar-refractivity contribution is -0.132. The SMILES string of the molecule is COc1ccc(C(NC(=O)CN2CCNC(=O)C2c2c(C)nn(-c3ccccc3)c2C)C(C)C)cc1. The molecule has 4 rings (SSSR count). The van der Waals surface area contributed by atoms with Crippen LogP contribution in [0, 0.1) is 19.8 Å². The molecule has 1 aliphatic rings. The molecule has 0 radical (unpaired) electrons. The Hall–Kier alpha value is -3.65. The highest BCUT2D eigenvalue weighted by atomic mass is 16.5. The van der Waals surface area contributed by atoms with Crippen molar-refractivity contribution in [3.63, 3.8) is 0 Å². The van der Waals surface area contributed by atoms with Crippen molar-refractivity contribution in [3.8, 4) is 11.4 Å². The summed E-state index contributed by atoms with van der Waals surface area (Å²) in [5.41, 5.74) is 4.47. The van der Waals surface area contributed by atoms with Crippen molar-refractivity contribution < 1.29 is 14.3 Å². The predicted octanol–water partition coefficient (Wildman–Crippen LogP) is 3.48. The van der Waals surface area contributed by atoms with E-state index in [2.05, 4.69) is 24.5 Å². The lowest BCUT2D eigenvalue weighted by Gasteiger charge is -2.35. The number of hydrogen-bond donors (Lipinski definition) is 2. The Morgan fingerprint density at radius 3 is 2.47 bits per heavy atom. The first-order valence-corrected chi connectivity index (χ1v) is 12.4. The summed E-state index contributed by atoms with van der Waals surface area (Å²) >= 11 is 0. The normalized spacial score (nSPS) is 17.1. The van der Waals surface area contributed by atoms with Gasteiger partial charge in [0.2, 0.25) is 11.8 Å². The van der Waals surface area contributed by atoms with Crippen LogP contribution in [0.25, 0.3) is 5.69 Å². The molecule has 1 saturated heterocycles. The van der Waals surface area contributed by atoms with E-state index >= 15 is 0 Å². The molecule has 2 aromatic carbocycles. The zero-order valence-corrected chi connectivity index (χ0v) is 21.6. The van der Waals surface area contributed by atoms with Gasteiger partial charge in [-0.25, -0.2) is 4.68 Å². The van der Waals surface area contributed by atoms with Gasteiger partial charge in [0.1, 0.15) is 11.8 Å². The molecular formula is C28H35N5O3. The molecule has 0 aliphatic carbocycles. The summed E-state index contributed by atoms with van der Waals surface area (Å²) in [4.78, 5) is 28.3. The third kappa shape index (κ3) is 5.28. The molecule has 2 amide bonds. The predicted molar refractivity (Wildman–Crippen MR) is 139 cm³/mol. The van der Waals surface area contributed by atoms with Gasteiger partial charge in [-0.15, -0.1) is 0 Å². The van der Waals surface area contributed by atoms with Crippen molar-refractivity contribution in [1.82, 2.24) is 25.3 Å². The van der Waals surface area contributed by atoms with Gasteiger partial charge < -0.3 is 15.4 Å². The average molecular weight is 490 g/mol. The highest BCUT2D eigenvalue weighted by molar-refractivity contribution is 5.86. The van der Waals surface area contributed by atoms with Gasteiger partial charge in [-0.3, -0.25) is 14.5 Å². The second-order valence-corrected chi connectivity index (χ2v) is 9.56. The van der Waals surface area contributed by atoms with Crippen molar-refractivity contribution in [2.75, 3.05) is 26.7 Å². The number of aryl methyl sites for hydroxylation is 1. The Morgan fingerprint density at radius 1 is 1.14 bits per heavy atom. The summed E-state index contributed by atoms with van der Waals surface area (Å²) in [6, 6.07) is 16.9. The van der Waals surface area contributed by atoms with Crippen LogP contribution >= 0.6 is 0 Å². The van der Waals surface area contributed by atoms with Gasteiger partial charge in [-0.1, -0.05) is 44.2 Å². The number of piperazine rings is 1. The number of aromatic nitrogens is 2. The Morgan fingerprint density at radius 2 is 1.83 bits per heavy atom. The number of amides is 2. The molecule has 2 atom stereocenters. The first-order chi connectivity index (χ1) is 17.3. The summed E-state index contributed by atoms with van der Waals surface area (Å²) in [5.74, 6) is 0.742. The van der Waals surface area contributed by atoms with Crippen LogP contribution < -0.4 is 15.4 Å². The molecule has 0 spiro atoms. The van der Waals surface area contributed by atoms with Gasteiger partial charge in [0.05, 0.1) is 31.1 Å². The van der Waals surface area contributed by atoms with E-state index in [0.29, 0.717) is 13.1 Å². The molecule has 1 aromatic heterocycles. The molecule has 1 fully saturated rings. The van der Waals surface area contributed by atoms with Crippen LogP contribution in [0.15, 0.2) is 54.6 Å². The summed E-state index contributed by atoms with van der Waals surface area (Å²) in [6.07, 6.45) is 0. The standard InChI is InChI=1S/C28H35N5O3/c1-18(2)26(21-11-13-23(36-5)14-12-21)30-24(34)17-32-16-15-29-28(35)27(32)25-19(3)31-33(20(25)4)22-9-7-6-8-10-22/h6-14,18,26-27H,15-17H2,1-5H3,(H,29,35)(H,30,34). The van der Waals surface area contributed by atoms with Crippen molar-refractivity contribution in [3.05, 3.63) is 77.1 Å². The fourth-order valence-corrected chi connectivity index (χ4v) is 4.92. The fourth-order valence-electron chi connectivity index (χ4n) is 4.92. The van der Waals surface area contributed by atoms with Gasteiger partial charge >= 0.3 is 0 Å². The van der Waals surface area contributed by atoms with E-state index < -0.39 is 6.04 Å². The Kier molecular flexibility index (Phi) is 7.74. The second-order valence-electron chi connectivity index (χ2n) is 9.56. The van der Waals surface area contributed by atoms with Crippen molar-refractivity contribution >= 4 is 11.8 Å². The van der Waals surface area contributed by atoms with Crippen LogP contribution in [0.1, 0.15) is 48.4 Å². The van der Waals surface area contributed by atoms with Crippen molar-refractivity contribution in [1.29, 1.82) is 0 Å². The number of nitrogens with one attached hydrogen (secondary N) is 2. The number of hydrogen-bond acceptors (Lipinski definition) is 5. The van der Waals surface area contributed by atoms with Crippen LogP contribution in [0.3, 0.4) is 0 Å². The molecule has 0 bridgehead atoms. The van der Waals surface area contributed by atoms with Gasteiger partial charge in [0.25, 0.3) is 0 Å². The van der Waals surface area contributed by atoms with Crippen LogP contribution in [-0.4, -0.2) is 53.2 Å². The maximum atomic E-state index is 13.3. The molecule has 190 valence electrons. The molecule has 3 aromatic rings. The number of carbonyl (C=O) groups excluding carboxylic acids is 2. The lowest BCUT2D eigenvalue weighted by atomic mass is 9.95. The van der Waals surface area contributed by atoms with E-state index in [1.165, 1.54) is 0 Å². The largest absolute Gasteiger partial charge is 0.497 e. The number of rotatable bonds is 8. The highest BCUT2D eigenvalue weighted by Gasteiger charge is 2.36. The van der Waals surface area contributed by atoms with E-state index in [1.54, 1.807) is 7.11 Å². The minimum Gasteiger partial charge on any atom is -0.497 e. The van der Waals surface area contributed by atoms with Crippen LogP contribution in [-0.2, 0) is 9.59 Å². The quantitative estimate of drug-likeness (QED) is 0.506. The monoisotopic (exact) mass is 489 g/mol. The average Bonchev–Trinajstić information content (AvgIpc) is 3.16. The molecule has 36 heavy (non-hydrogen) atoms. The molecule has 8 nitrogen and oxygen atoms in total. The maximum Gasteiger partial charge on any atom is 0.242 e. The van der Waals surface area contributed by atoms with Gasteiger partial charge in [-0.05, 0) is 49.6 Å². The van der Waals surface area contributed by atoms with Crippen LogP contribution in [0.2, 0.25) is 0 Å². The Bertz CT molecular complexity index is 1200. The first-order valence-electron chi connectivity index (χ1n) is 12.4. The first kappa shape index (κ1) is 25.4. The highest BCUT2D eigenvalue weighted by Crippen LogP contribution is 2.30. The minimum absolute atomic E-state index is 0.108. The maximum absolute atomic E-state index is 13.3.